The second kappa shape index (κ2) is 3.66. The highest BCUT2D eigenvalue weighted by molar-refractivity contribution is 5.52. The van der Waals surface area contributed by atoms with E-state index in [1.807, 2.05) is 19.9 Å². The van der Waals surface area contributed by atoms with E-state index in [1.165, 1.54) is 0 Å². The first-order valence-corrected chi connectivity index (χ1v) is 4.18. The van der Waals surface area contributed by atoms with Gasteiger partial charge in [0.05, 0.1) is 7.11 Å². The van der Waals surface area contributed by atoms with Gasteiger partial charge >= 0.3 is 0 Å². The molecule has 0 atom stereocenters. The molecule has 0 saturated heterocycles. The number of benzene rings is 1. The van der Waals surface area contributed by atoms with E-state index in [0.717, 1.165) is 16.7 Å². The summed E-state index contributed by atoms with van der Waals surface area (Å²) in [6.45, 7) is 4.09. The van der Waals surface area contributed by atoms with Gasteiger partial charge in [0.25, 0.3) is 0 Å². The second-order valence-electron chi connectivity index (χ2n) is 3.06. The first-order chi connectivity index (χ1) is 6.11. The van der Waals surface area contributed by atoms with Gasteiger partial charge in [-0.05, 0) is 25.5 Å². The molecule has 0 unspecified atom stereocenters. The van der Waals surface area contributed by atoms with Crippen LogP contribution in [0.2, 0.25) is 0 Å². The van der Waals surface area contributed by atoms with Crippen molar-refractivity contribution in [3.8, 4) is 11.5 Å². The molecule has 0 fully saturated rings. The minimum Gasteiger partial charge on any atom is -0.507 e. The van der Waals surface area contributed by atoms with Gasteiger partial charge in [0.1, 0.15) is 11.5 Å². The van der Waals surface area contributed by atoms with Gasteiger partial charge in [-0.1, -0.05) is 0 Å². The highest BCUT2D eigenvalue weighted by atomic mass is 16.5. The largest absolute Gasteiger partial charge is 0.507 e. The topological polar surface area (TPSA) is 55.5 Å². The van der Waals surface area contributed by atoms with E-state index in [1.54, 1.807) is 7.11 Å². The van der Waals surface area contributed by atoms with Crippen LogP contribution in [0.5, 0.6) is 11.5 Å². The fourth-order valence-electron chi connectivity index (χ4n) is 1.48. The van der Waals surface area contributed by atoms with Crippen LogP contribution in [0.25, 0.3) is 0 Å². The summed E-state index contributed by atoms with van der Waals surface area (Å²) in [5.74, 6) is 0.972. The van der Waals surface area contributed by atoms with E-state index in [0.29, 0.717) is 12.3 Å². The van der Waals surface area contributed by atoms with Gasteiger partial charge in [-0.2, -0.15) is 0 Å². The highest BCUT2D eigenvalue weighted by Gasteiger charge is 2.11. The maximum Gasteiger partial charge on any atom is 0.129 e. The van der Waals surface area contributed by atoms with E-state index in [-0.39, 0.29) is 5.75 Å². The fourth-order valence-corrected chi connectivity index (χ4v) is 1.48. The van der Waals surface area contributed by atoms with Crippen LogP contribution in [0.4, 0.5) is 0 Å². The zero-order valence-electron chi connectivity index (χ0n) is 8.22. The summed E-state index contributed by atoms with van der Waals surface area (Å²) in [7, 11) is 1.58. The number of hydrogen-bond acceptors (Lipinski definition) is 3. The molecule has 72 valence electrons. The predicted octanol–water partition coefficient (Wildman–Crippen LogP) is 1.48. The van der Waals surface area contributed by atoms with Gasteiger partial charge in [0.15, 0.2) is 0 Å². The van der Waals surface area contributed by atoms with Gasteiger partial charge in [0.2, 0.25) is 0 Å². The van der Waals surface area contributed by atoms with E-state index in [2.05, 4.69) is 0 Å². The Morgan fingerprint density at radius 2 is 2.08 bits per heavy atom. The first kappa shape index (κ1) is 9.86. The number of aromatic hydroxyl groups is 1. The SMILES string of the molecule is COc1c(CN)cc(C)c(O)c1C. The van der Waals surface area contributed by atoms with Crippen molar-refractivity contribution in [1.29, 1.82) is 0 Å². The Labute approximate surface area is 78.1 Å². The molecule has 13 heavy (non-hydrogen) atoms. The van der Waals surface area contributed by atoms with E-state index < -0.39 is 0 Å². The van der Waals surface area contributed by atoms with E-state index in [4.69, 9.17) is 10.5 Å². The molecule has 0 aliphatic heterocycles. The summed E-state index contributed by atoms with van der Waals surface area (Å²) in [4.78, 5) is 0. The van der Waals surface area contributed by atoms with E-state index >= 15 is 0 Å². The first-order valence-electron chi connectivity index (χ1n) is 4.18. The van der Waals surface area contributed by atoms with Gasteiger partial charge in [-0.3, -0.25) is 0 Å². The lowest BCUT2D eigenvalue weighted by atomic mass is 10.0. The molecule has 0 spiro atoms. The Bertz CT molecular complexity index is 321. The van der Waals surface area contributed by atoms with Crippen molar-refractivity contribution in [2.75, 3.05) is 7.11 Å². The molecule has 3 nitrogen and oxygen atoms in total. The number of hydrogen-bond donors (Lipinski definition) is 2. The third-order valence-electron chi connectivity index (χ3n) is 2.18. The van der Waals surface area contributed by atoms with Crippen molar-refractivity contribution in [3.05, 3.63) is 22.8 Å². The summed E-state index contributed by atoms with van der Waals surface area (Å²) in [6.07, 6.45) is 0. The number of methoxy groups -OCH3 is 1. The number of ether oxygens (including phenoxy) is 1. The zero-order valence-corrected chi connectivity index (χ0v) is 8.22. The van der Waals surface area contributed by atoms with Gasteiger partial charge in [-0.25, -0.2) is 0 Å². The number of phenolic OH excluding ortho intramolecular Hbond substituents is 1. The molecule has 0 radical (unpaired) electrons. The Morgan fingerprint density at radius 3 is 2.54 bits per heavy atom. The number of nitrogens with two attached hydrogens (primary N) is 1. The van der Waals surface area contributed by atoms with Crippen LogP contribution in [-0.2, 0) is 6.54 Å². The average Bonchev–Trinajstić information content (AvgIpc) is 2.13. The Kier molecular flexibility index (Phi) is 2.78. The number of phenols is 1. The van der Waals surface area contributed by atoms with Crippen LogP contribution in [0.3, 0.4) is 0 Å². The zero-order chi connectivity index (χ0) is 10.0. The molecular weight excluding hydrogens is 166 g/mol. The summed E-state index contributed by atoms with van der Waals surface area (Å²) < 4.78 is 5.16. The maximum absolute atomic E-state index is 9.62. The number of aryl methyl sites for hydroxylation is 1. The van der Waals surface area contributed by atoms with Crippen molar-refractivity contribution < 1.29 is 9.84 Å². The van der Waals surface area contributed by atoms with Crippen LogP contribution in [0.15, 0.2) is 6.07 Å². The standard InChI is InChI=1S/C10H15NO2/c1-6-4-8(5-11)10(13-3)7(2)9(6)12/h4,12H,5,11H2,1-3H3. The Morgan fingerprint density at radius 1 is 1.46 bits per heavy atom. The average molecular weight is 181 g/mol. The monoisotopic (exact) mass is 181 g/mol. The molecule has 1 aromatic rings. The van der Waals surface area contributed by atoms with Crippen molar-refractivity contribution in [2.45, 2.75) is 20.4 Å². The van der Waals surface area contributed by atoms with Crippen molar-refractivity contribution in [2.24, 2.45) is 5.73 Å². The molecule has 0 aromatic heterocycles. The van der Waals surface area contributed by atoms with Crippen LogP contribution < -0.4 is 10.5 Å². The lowest BCUT2D eigenvalue weighted by Crippen LogP contribution is -2.02. The molecule has 3 N–H and O–H groups in total. The Balaban J connectivity index is 3.39. The van der Waals surface area contributed by atoms with Crippen LogP contribution >= 0.6 is 0 Å². The lowest BCUT2D eigenvalue weighted by Gasteiger charge is -2.13. The maximum atomic E-state index is 9.62. The van der Waals surface area contributed by atoms with Crippen LogP contribution in [0, 0.1) is 13.8 Å². The van der Waals surface area contributed by atoms with E-state index in [9.17, 15) is 5.11 Å². The lowest BCUT2D eigenvalue weighted by molar-refractivity contribution is 0.397. The van der Waals surface area contributed by atoms with Crippen molar-refractivity contribution in [3.63, 3.8) is 0 Å². The smallest absolute Gasteiger partial charge is 0.129 e. The molecular formula is C10H15NO2. The molecule has 0 aliphatic carbocycles. The minimum atomic E-state index is 0.286. The molecule has 0 amide bonds. The van der Waals surface area contributed by atoms with Crippen molar-refractivity contribution >= 4 is 0 Å². The molecule has 1 rings (SSSR count). The molecule has 0 aliphatic rings. The third kappa shape index (κ3) is 1.60. The van der Waals surface area contributed by atoms with Crippen LogP contribution in [-0.4, -0.2) is 12.2 Å². The summed E-state index contributed by atoms with van der Waals surface area (Å²) in [5, 5.41) is 9.62. The summed E-state index contributed by atoms with van der Waals surface area (Å²) >= 11 is 0. The van der Waals surface area contributed by atoms with Gasteiger partial charge in [0, 0.05) is 17.7 Å². The molecule has 3 heteroatoms. The summed E-state index contributed by atoms with van der Waals surface area (Å²) in [5.41, 5.74) is 8.06. The minimum absolute atomic E-state index is 0.286. The second-order valence-corrected chi connectivity index (χ2v) is 3.06. The van der Waals surface area contributed by atoms with Crippen molar-refractivity contribution in [1.82, 2.24) is 0 Å². The highest BCUT2D eigenvalue weighted by Crippen LogP contribution is 2.33. The summed E-state index contributed by atoms with van der Waals surface area (Å²) in [6, 6.07) is 1.85. The van der Waals surface area contributed by atoms with Gasteiger partial charge in [-0.15, -0.1) is 0 Å². The third-order valence-corrected chi connectivity index (χ3v) is 2.18. The van der Waals surface area contributed by atoms with Crippen LogP contribution in [0.1, 0.15) is 16.7 Å². The Hall–Kier alpha value is -1.22. The molecule has 0 bridgehead atoms. The fraction of sp³-hybridized carbons (Fsp3) is 0.400. The molecule has 1 aromatic carbocycles. The quantitative estimate of drug-likeness (QED) is 0.726. The predicted molar refractivity (Wildman–Crippen MR) is 52.0 cm³/mol. The molecule has 0 heterocycles. The number of rotatable bonds is 2. The van der Waals surface area contributed by atoms with Gasteiger partial charge < -0.3 is 15.6 Å². The molecule has 0 saturated carbocycles. The normalized spacial score (nSPS) is 10.2.